The average molecular weight is 712 g/mol. The summed E-state index contributed by atoms with van der Waals surface area (Å²) in [5, 5.41) is 54.7. The summed E-state index contributed by atoms with van der Waals surface area (Å²) in [5.41, 5.74) is 0. The fourth-order valence-corrected chi connectivity index (χ4v) is 4.51. The van der Waals surface area contributed by atoms with Crippen LogP contribution in [0.4, 0.5) is 0 Å². The maximum atomic E-state index is 11.9. The highest BCUT2D eigenvalue weighted by Gasteiger charge is 2.13. The highest BCUT2D eigenvalue weighted by atomic mass is 16.5. The van der Waals surface area contributed by atoms with Crippen molar-refractivity contribution in [1.29, 1.82) is 0 Å². The Labute approximate surface area is 294 Å². The van der Waals surface area contributed by atoms with Gasteiger partial charge in [0, 0.05) is 65.0 Å². The number of hydrogen-bond acceptors (Lipinski definition) is 13. The van der Waals surface area contributed by atoms with Crippen molar-refractivity contribution in [3.05, 3.63) is 0 Å². The van der Waals surface area contributed by atoms with Crippen molar-refractivity contribution in [2.75, 3.05) is 93.1 Å². The third-order valence-corrected chi connectivity index (χ3v) is 7.26. The van der Waals surface area contributed by atoms with E-state index in [1.54, 1.807) is 0 Å². The van der Waals surface area contributed by atoms with E-state index in [2.05, 4.69) is 14.8 Å². The van der Waals surface area contributed by atoms with Crippen molar-refractivity contribution in [3.8, 4) is 0 Å². The standard InChI is InChI=1S/C18H36N2O6.C12H22O4.C4H11NO2/c21-13-9-19(10-14-22)17(25)7-5-3-1-2-4-6-8-18(26)20(11-15-23)12-16-24;1-15-11(13)9-7-5-3-4-6-8-10-12(14)16-2;6-3-1-5-2-4-7/h21-24H,1-16H2;3-10H2,1-2H3;5-7H,1-4H2. The number of ether oxygens (including phenoxy) is 2. The number of methoxy groups -OCH3 is 2. The molecule has 0 aliphatic heterocycles. The molecule has 0 unspecified atom stereocenters. The van der Waals surface area contributed by atoms with Gasteiger partial charge >= 0.3 is 11.9 Å². The second-order valence-corrected chi connectivity index (χ2v) is 11.2. The fraction of sp³-hybridized carbons (Fsp3) is 0.882. The van der Waals surface area contributed by atoms with E-state index in [4.69, 9.17) is 30.6 Å². The smallest absolute Gasteiger partial charge is 0.305 e. The monoisotopic (exact) mass is 711 g/mol. The Balaban J connectivity index is -0.000000775. The number of rotatable bonds is 30. The Morgan fingerprint density at radius 1 is 0.429 bits per heavy atom. The van der Waals surface area contributed by atoms with Crippen LogP contribution in [0.25, 0.3) is 0 Å². The molecular formula is C34H69N3O12. The van der Waals surface area contributed by atoms with Gasteiger partial charge in [-0.3, -0.25) is 19.2 Å². The third-order valence-electron chi connectivity index (χ3n) is 7.26. The number of hydrogen-bond donors (Lipinski definition) is 7. The number of carbonyl (C=O) groups is 4. The molecule has 0 aliphatic carbocycles. The lowest BCUT2D eigenvalue weighted by molar-refractivity contribution is -0.141. The number of nitrogens with one attached hydrogen (secondary N) is 1. The molecule has 0 aromatic carbocycles. The van der Waals surface area contributed by atoms with Gasteiger partial charge in [-0.1, -0.05) is 51.4 Å². The van der Waals surface area contributed by atoms with Gasteiger partial charge in [-0.2, -0.15) is 0 Å². The molecule has 0 aromatic rings. The Morgan fingerprint density at radius 3 is 0.939 bits per heavy atom. The maximum absolute atomic E-state index is 11.9. The number of esters is 2. The van der Waals surface area contributed by atoms with E-state index in [1.165, 1.54) is 24.0 Å². The molecule has 0 fully saturated rings. The Morgan fingerprint density at radius 2 is 0.694 bits per heavy atom. The molecule has 0 radical (unpaired) electrons. The number of carbonyl (C=O) groups excluding carboxylic acids is 4. The van der Waals surface area contributed by atoms with Crippen LogP contribution in [0.1, 0.15) is 103 Å². The van der Waals surface area contributed by atoms with Crippen molar-refractivity contribution in [3.63, 3.8) is 0 Å². The Kier molecular flexibility index (Phi) is 43.5. The first-order chi connectivity index (χ1) is 23.7. The molecule has 0 aromatic heterocycles. The average Bonchev–Trinajstić information content (AvgIpc) is 3.10. The lowest BCUT2D eigenvalue weighted by atomic mass is 10.1. The minimum Gasteiger partial charge on any atom is -0.469 e. The number of aliphatic hydroxyl groups excluding tert-OH is 6. The predicted octanol–water partition coefficient (Wildman–Crippen LogP) is 0.747. The van der Waals surface area contributed by atoms with Crippen molar-refractivity contribution in [1.82, 2.24) is 15.1 Å². The maximum Gasteiger partial charge on any atom is 0.305 e. The lowest BCUT2D eigenvalue weighted by Gasteiger charge is -2.20. The summed E-state index contributed by atoms with van der Waals surface area (Å²) in [4.78, 5) is 48.4. The summed E-state index contributed by atoms with van der Waals surface area (Å²) in [7, 11) is 2.82. The molecule has 0 bridgehead atoms. The summed E-state index contributed by atoms with van der Waals surface area (Å²) >= 11 is 0. The summed E-state index contributed by atoms with van der Waals surface area (Å²) in [6.45, 7) is 2.07. The van der Waals surface area contributed by atoms with Gasteiger partial charge < -0.3 is 55.2 Å². The van der Waals surface area contributed by atoms with Gasteiger partial charge in [0.25, 0.3) is 0 Å². The SMILES string of the molecule is COC(=O)CCCCCCCCC(=O)OC.O=C(CCCCCCCCC(=O)N(CCO)CCO)N(CCO)CCO.OCCNCCO. The van der Waals surface area contributed by atoms with E-state index in [0.29, 0.717) is 38.8 Å². The fourth-order valence-electron chi connectivity index (χ4n) is 4.51. The van der Waals surface area contributed by atoms with Crippen molar-refractivity contribution in [2.45, 2.75) is 103 Å². The molecule has 0 heterocycles. The lowest BCUT2D eigenvalue weighted by Crippen LogP contribution is -2.35. The van der Waals surface area contributed by atoms with E-state index < -0.39 is 0 Å². The first kappa shape index (κ1) is 51.0. The Bertz CT molecular complexity index is 690. The molecule has 0 aliphatic rings. The third kappa shape index (κ3) is 38.3. The molecule has 0 spiro atoms. The molecule has 0 rings (SSSR count). The summed E-state index contributed by atoms with van der Waals surface area (Å²) in [6, 6.07) is 0. The van der Waals surface area contributed by atoms with Crippen LogP contribution < -0.4 is 5.32 Å². The van der Waals surface area contributed by atoms with E-state index in [-0.39, 0.29) is 89.6 Å². The van der Waals surface area contributed by atoms with E-state index in [0.717, 1.165) is 77.0 Å². The molecule has 7 N–H and O–H groups in total. The predicted molar refractivity (Wildman–Crippen MR) is 186 cm³/mol. The van der Waals surface area contributed by atoms with Crippen LogP contribution in [0.3, 0.4) is 0 Å². The molecule has 49 heavy (non-hydrogen) atoms. The molecule has 292 valence electrons. The summed E-state index contributed by atoms with van der Waals surface area (Å²) in [5.74, 6) is -0.338. The summed E-state index contributed by atoms with van der Waals surface area (Å²) < 4.78 is 9.09. The van der Waals surface area contributed by atoms with Gasteiger partial charge in [-0.25, -0.2) is 0 Å². The van der Waals surface area contributed by atoms with Gasteiger partial charge in [-0.05, 0) is 25.7 Å². The van der Waals surface area contributed by atoms with Crippen LogP contribution in [0.2, 0.25) is 0 Å². The Hall–Kier alpha value is -2.40. The van der Waals surface area contributed by atoms with Gasteiger partial charge in [-0.15, -0.1) is 0 Å². The van der Waals surface area contributed by atoms with E-state index in [1.807, 2.05) is 0 Å². The second-order valence-electron chi connectivity index (χ2n) is 11.2. The first-order valence-corrected chi connectivity index (χ1v) is 17.8. The topological polar surface area (TPSA) is 227 Å². The minimum atomic E-state index is -0.134. The number of nitrogens with zero attached hydrogens (tertiary/aromatic N) is 2. The molecule has 2 amide bonds. The molecular weight excluding hydrogens is 642 g/mol. The largest absolute Gasteiger partial charge is 0.469 e. The molecule has 15 heteroatoms. The first-order valence-electron chi connectivity index (χ1n) is 17.8. The normalized spacial score (nSPS) is 10.3. The van der Waals surface area contributed by atoms with Crippen LogP contribution in [-0.4, -0.2) is 157 Å². The minimum absolute atomic E-state index is 0.0356. The number of amides is 2. The summed E-state index contributed by atoms with van der Waals surface area (Å²) in [6.07, 6.45) is 13.4. The van der Waals surface area contributed by atoms with Crippen LogP contribution >= 0.6 is 0 Å². The van der Waals surface area contributed by atoms with E-state index in [9.17, 15) is 19.2 Å². The van der Waals surface area contributed by atoms with Gasteiger partial charge in [0.1, 0.15) is 0 Å². The van der Waals surface area contributed by atoms with Gasteiger partial charge in [0.2, 0.25) is 11.8 Å². The van der Waals surface area contributed by atoms with Gasteiger partial charge in [0.15, 0.2) is 0 Å². The molecule has 0 atom stereocenters. The zero-order valence-corrected chi connectivity index (χ0v) is 30.3. The molecule has 0 saturated heterocycles. The van der Waals surface area contributed by atoms with Crippen molar-refractivity contribution in [2.24, 2.45) is 0 Å². The zero-order chi connectivity index (χ0) is 37.4. The quantitative estimate of drug-likeness (QED) is 0.0404. The van der Waals surface area contributed by atoms with Crippen LogP contribution in [0, 0.1) is 0 Å². The van der Waals surface area contributed by atoms with Gasteiger partial charge in [0.05, 0.1) is 53.9 Å². The van der Waals surface area contributed by atoms with Crippen LogP contribution in [0.15, 0.2) is 0 Å². The molecule has 0 saturated carbocycles. The van der Waals surface area contributed by atoms with Crippen LogP contribution in [-0.2, 0) is 28.7 Å². The van der Waals surface area contributed by atoms with Crippen molar-refractivity contribution < 1.29 is 59.3 Å². The van der Waals surface area contributed by atoms with Crippen LogP contribution in [0.5, 0.6) is 0 Å². The molecule has 15 nitrogen and oxygen atoms in total. The zero-order valence-electron chi connectivity index (χ0n) is 30.3. The van der Waals surface area contributed by atoms with E-state index >= 15 is 0 Å². The van der Waals surface area contributed by atoms with Crippen molar-refractivity contribution >= 4 is 23.8 Å². The number of unbranched alkanes of at least 4 members (excludes halogenated alkanes) is 10. The second kappa shape index (κ2) is 41.8. The highest BCUT2D eigenvalue weighted by molar-refractivity contribution is 5.76. The number of aliphatic hydroxyl groups is 6. The highest BCUT2D eigenvalue weighted by Crippen LogP contribution is 2.11.